The average Bonchev–Trinajstić information content (AvgIpc) is 3.61. The second-order valence-electron chi connectivity index (χ2n) is 9.36. The maximum Gasteiger partial charge on any atom is 0.276 e. The van der Waals surface area contributed by atoms with E-state index in [1.807, 2.05) is 0 Å². The van der Waals surface area contributed by atoms with E-state index in [0.717, 1.165) is 18.4 Å². The van der Waals surface area contributed by atoms with Gasteiger partial charge in [-0.05, 0) is 55.7 Å². The van der Waals surface area contributed by atoms with Crippen LogP contribution in [0.15, 0.2) is 48.8 Å². The van der Waals surface area contributed by atoms with Crippen molar-refractivity contribution in [3.05, 3.63) is 76.6 Å². The minimum absolute atomic E-state index is 0.0311. The van der Waals surface area contributed by atoms with E-state index >= 15 is 0 Å². The van der Waals surface area contributed by atoms with Gasteiger partial charge in [0.05, 0.1) is 25.0 Å². The number of imidazole rings is 1. The largest absolute Gasteiger partial charge is 0.495 e. The number of hydrogen-bond donors (Lipinski definition) is 2. The highest BCUT2D eigenvalue weighted by molar-refractivity contribution is 6.32. The van der Waals surface area contributed by atoms with Crippen molar-refractivity contribution < 1.29 is 23.5 Å². The number of hydrogen-bond acceptors (Lipinski definition) is 5. The van der Waals surface area contributed by atoms with Crippen molar-refractivity contribution in [1.29, 1.82) is 0 Å². The zero-order valence-electron chi connectivity index (χ0n) is 20.3. The van der Waals surface area contributed by atoms with Gasteiger partial charge in [0.1, 0.15) is 22.8 Å². The number of nitrogens with zero attached hydrogens (tertiary/aromatic N) is 3. The second kappa shape index (κ2) is 9.51. The highest BCUT2D eigenvalue weighted by Gasteiger charge is 2.53. The fourth-order valence-electron chi connectivity index (χ4n) is 4.63. The number of aromatic nitrogens is 2. The molecule has 0 spiro atoms. The van der Waals surface area contributed by atoms with E-state index in [0.29, 0.717) is 16.5 Å². The Morgan fingerprint density at radius 3 is 2.59 bits per heavy atom. The Hall–Kier alpha value is -3.92. The van der Waals surface area contributed by atoms with Crippen molar-refractivity contribution in [3.8, 4) is 5.75 Å². The summed E-state index contributed by atoms with van der Waals surface area (Å²) in [7, 11) is 1.49. The van der Waals surface area contributed by atoms with Gasteiger partial charge in [-0.3, -0.25) is 14.4 Å². The molecular weight excluding hydrogens is 501 g/mol. The lowest BCUT2D eigenvalue weighted by atomic mass is 9.93. The van der Waals surface area contributed by atoms with Gasteiger partial charge in [-0.1, -0.05) is 23.7 Å². The summed E-state index contributed by atoms with van der Waals surface area (Å²) in [6.07, 6.45) is 2.94. The first-order chi connectivity index (χ1) is 17.7. The summed E-state index contributed by atoms with van der Waals surface area (Å²) in [6.45, 7) is 2.04. The van der Waals surface area contributed by atoms with E-state index in [2.05, 4.69) is 15.6 Å². The van der Waals surface area contributed by atoms with Crippen LogP contribution in [0.25, 0.3) is 0 Å². The number of nitrogens with one attached hydrogen (secondary N) is 2. The zero-order chi connectivity index (χ0) is 26.3. The second-order valence-corrected chi connectivity index (χ2v) is 9.77. The smallest absolute Gasteiger partial charge is 0.276 e. The zero-order valence-corrected chi connectivity index (χ0v) is 21.0. The number of fused-ring (bicyclic) bond motifs is 1. The molecule has 192 valence electrons. The van der Waals surface area contributed by atoms with Gasteiger partial charge in [-0.2, -0.15) is 0 Å². The van der Waals surface area contributed by atoms with E-state index < -0.39 is 17.4 Å². The summed E-state index contributed by atoms with van der Waals surface area (Å²) in [5, 5.41) is 5.92. The van der Waals surface area contributed by atoms with Crippen molar-refractivity contribution in [3.63, 3.8) is 0 Å². The molecular formula is C26H25ClFN5O4. The minimum atomic E-state index is -1.19. The van der Waals surface area contributed by atoms with Crippen LogP contribution in [-0.4, -0.2) is 50.9 Å². The Labute approximate surface area is 217 Å². The fourth-order valence-corrected chi connectivity index (χ4v) is 4.89. The van der Waals surface area contributed by atoms with E-state index in [-0.39, 0.29) is 42.2 Å². The number of rotatable bonds is 7. The molecule has 9 nitrogen and oxygen atoms in total. The van der Waals surface area contributed by atoms with Crippen molar-refractivity contribution >= 4 is 35.0 Å². The Kier molecular flexibility index (Phi) is 6.36. The van der Waals surface area contributed by atoms with E-state index in [1.165, 1.54) is 25.6 Å². The SMILES string of the molecule is COc1ccc(NC(=O)c2ncn3c2C(=O)N(C2CC2)[C@@](C)(C(=O)NCc2ccc(F)cc2)C3)cc1Cl. The van der Waals surface area contributed by atoms with Gasteiger partial charge in [0.15, 0.2) is 5.69 Å². The lowest BCUT2D eigenvalue weighted by Crippen LogP contribution is -2.64. The molecule has 0 unspecified atom stereocenters. The lowest BCUT2D eigenvalue weighted by molar-refractivity contribution is -0.133. The summed E-state index contributed by atoms with van der Waals surface area (Å²) in [5.74, 6) is -1.23. The highest BCUT2D eigenvalue weighted by Crippen LogP contribution is 2.39. The van der Waals surface area contributed by atoms with Gasteiger partial charge in [0.2, 0.25) is 5.91 Å². The third-order valence-corrected chi connectivity index (χ3v) is 6.96. The molecule has 1 aliphatic carbocycles. The van der Waals surface area contributed by atoms with Crippen LogP contribution < -0.4 is 15.4 Å². The summed E-state index contributed by atoms with van der Waals surface area (Å²) >= 11 is 6.16. The van der Waals surface area contributed by atoms with Crippen LogP contribution in [0, 0.1) is 5.82 Å². The van der Waals surface area contributed by atoms with Crippen LogP contribution >= 0.6 is 11.6 Å². The molecule has 11 heteroatoms. The van der Waals surface area contributed by atoms with Gasteiger partial charge >= 0.3 is 0 Å². The van der Waals surface area contributed by atoms with E-state index in [9.17, 15) is 18.8 Å². The van der Waals surface area contributed by atoms with Crippen LogP contribution in [0.3, 0.4) is 0 Å². The molecule has 0 bridgehead atoms. The van der Waals surface area contributed by atoms with Crippen molar-refractivity contribution in [1.82, 2.24) is 19.8 Å². The fraction of sp³-hybridized carbons (Fsp3) is 0.308. The van der Waals surface area contributed by atoms with Gasteiger partial charge in [-0.25, -0.2) is 9.37 Å². The first-order valence-corrected chi connectivity index (χ1v) is 12.2. The first kappa shape index (κ1) is 24.8. The quantitative estimate of drug-likeness (QED) is 0.490. The van der Waals surface area contributed by atoms with E-state index in [4.69, 9.17) is 16.3 Å². The number of anilines is 1. The number of benzene rings is 2. The monoisotopic (exact) mass is 525 g/mol. The van der Waals surface area contributed by atoms with Gasteiger partial charge < -0.3 is 24.8 Å². The van der Waals surface area contributed by atoms with Crippen molar-refractivity contribution in [2.75, 3.05) is 12.4 Å². The summed E-state index contributed by atoms with van der Waals surface area (Å²) < 4.78 is 19.9. The first-order valence-electron chi connectivity index (χ1n) is 11.8. The minimum Gasteiger partial charge on any atom is -0.495 e. The number of halogens is 2. The molecule has 1 aliphatic heterocycles. The molecule has 2 aliphatic rings. The Morgan fingerprint density at radius 1 is 1.22 bits per heavy atom. The molecule has 1 atom stereocenters. The topological polar surface area (TPSA) is 106 Å². The summed E-state index contributed by atoms with van der Waals surface area (Å²) in [5.41, 5.74) is 0.0666. The average molecular weight is 526 g/mol. The molecule has 5 rings (SSSR count). The summed E-state index contributed by atoms with van der Waals surface area (Å²) in [6, 6.07) is 10.5. The molecule has 1 saturated carbocycles. The molecule has 3 aromatic rings. The molecule has 0 radical (unpaired) electrons. The molecule has 1 aromatic heterocycles. The lowest BCUT2D eigenvalue weighted by Gasteiger charge is -2.44. The molecule has 2 N–H and O–H groups in total. The van der Waals surface area contributed by atoms with Crippen LogP contribution in [-0.2, 0) is 17.9 Å². The molecule has 2 heterocycles. The van der Waals surface area contributed by atoms with E-state index in [1.54, 1.807) is 46.7 Å². The highest BCUT2D eigenvalue weighted by atomic mass is 35.5. The summed E-state index contributed by atoms with van der Waals surface area (Å²) in [4.78, 5) is 46.0. The Morgan fingerprint density at radius 2 is 1.95 bits per heavy atom. The molecule has 2 aromatic carbocycles. The number of carbonyl (C=O) groups is 3. The molecule has 37 heavy (non-hydrogen) atoms. The molecule has 1 fully saturated rings. The van der Waals surface area contributed by atoms with Crippen LogP contribution in [0.1, 0.15) is 46.3 Å². The Bertz CT molecular complexity index is 1390. The number of methoxy groups -OCH3 is 1. The number of amides is 3. The van der Waals surface area contributed by atoms with Crippen LogP contribution in [0.2, 0.25) is 5.02 Å². The maximum atomic E-state index is 13.7. The van der Waals surface area contributed by atoms with Crippen molar-refractivity contribution in [2.45, 2.75) is 44.4 Å². The van der Waals surface area contributed by atoms with Gasteiger partial charge in [0.25, 0.3) is 11.8 Å². The molecule has 3 amide bonds. The number of carbonyl (C=O) groups excluding carboxylic acids is 3. The predicted octanol–water partition coefficient (Wildman–Crippen LogP) is 3.63. The van der Waals surface area contributed by atoms with Gasteiger partial charge in [0, 0.05) is 18.3 Å². The van der Waals surface area contributed by atoms with Gasteiger partial charge in [-0.15, -0.1) is 0 Å². The molecule has 0 saturated heterocycles. The van der Waals surface area contributed by atoms with Crippen LogP contribution in [0.5, 0.6) is 5.75 Å². The van der Waals surface area contributed by atoms with Crippen LogP contribution in [0.4, 0.5) is 10.1 Å². The third kappa shape index (κ3) is 4.64. The Balaban J connectivity index is 1.39. The normalized spacial score (nSPS) is 18.8. The number of ether oxygens (including phenoxy) is 1. The maximum absolute atomic E-state index is 13.7. The predicted molar refractivity (Wildman–Crippen MR) is 134 cm³/mol. The van der Waals surface area contributed by atoms with Crippen molar-refractivity contribution in [2.24, 2.45) is 0 Å². The third-order valence-electron chi connectivity index (χ3n) is 6.66. The standard InChI is InChI=1S/C26H25ClFN5O4/c1-26(25(36)29-12-15-3-5-16(28)6-4-15)13-32-14-30-21(22(32)24(35)33(26)18-8-9-18)23(34)31-17-7-10-20(37-2)19(27)11-17/h3-7,10-11,14,18H,8-9,12-13H2,1-2H3,(H,29,36)(H,31,34)/t26-/m1/s1.